The molecule has 0 amide bonds. The number of hydrogen-bond acceptors (Lipinski definition) is 2. The molecule has 0 spiro atoms. The molecule has 0 bridgehead atoms. The van der Waals surface area contributed by atoms with Gasteiger partial charge in [0.15, 0.2) is 0 Å². The minimum atomic E-state index is -2.09. The molecule has 1 radical (unpaired) electrons. The predicted octanol–water partition coefficient (Wildman–Crippen LogP) is 15.9. The van der Waals surface area contributed by atoms with Crippen LogP contribution in [0.1, 0.15) is 60.3 Å². The molecule has 8 aromatic carbocycles. The molecular formula is C61H45IrN5-2. The van der Waals surface area contributed by atoms with Crippen LogP contribution in [0.25, 0.3) is 116 Å². The summed E-state index contributed by atoms with van der Waals surface area (Å²) in [6.07, 6.45) is 1.39. The van der Waals surface area contributed by atoms with Crippen molar-refractivity contribution in [2.45, 2.75) is 46.4 Å². The molecule has 6 heteroatoms. The van der Waals surface area contributed by atoms with Crippen molar-refractivity contribution in [3.63, 3.8) is 0 Å². The molecule has 14 rings (SSSR count). The molecule has 0 atom stereocenters. The zero-order valence-corrected chi connectivity index (χ0v) is 39.8. The van der Waals surface area contributed by atoms with Crippen LogP contribution < -0.4 is 0 Å². The second kappa shape index (κ2) is 15.6. The van der Waals surface area contributed by atoms with E-state index in [4.69, 9.17) is 9.10 Å². The molecule has 0 fully saturated rings. The third-order valence-electron chi connectivity index (χ3n) is 13.7. The number of para-hydroxylation sites is 4. The van der Waals surface area contributed by atoms with E-state index in [1.807, 2.05) is 30.3 Å². The van der Waals surface area contributed by atoms with Crippen LogP contribution in [0.3, 0.4) is 0 Å². The normalized spacial score (nSPS) is 13.0. The fourth-order valence-electron chi connectivity index (χ4n) is 10.9. The van der Waals surface area contributed by atoms with Crippen molar-refractivity contribution in [1.82, 2.24) is 23.3 Å². The molecule has 14 aromatic rings. The molecule has 5 nitrogen and oxygen atoms in total. The number of rotatable bonds is 5. The smallest absolute Gasteiger partial charge is 0.0782 e. The monoisotopic (exact) mass is 1040 g/mol. The first-order valence-corrected chi connectivity index (χ1v) is 22.8. The number of pyridine rings is 1. The van der Waals surface area contributed by atoms with E-state index < -0.39 is 6.85 Å². The Balaban J connectivity index is 0.000000254. The maximum Gasteiger partial charge on any atom is 0.0782 e. The molecule has 325 valence electrons. The maximum absolute atomic E-state index is 7.23. The van der Waals surface area contributed by atoms with E-state index in [9.17, 15) is 0 Å². The van der Waals surface area contributed by atoms with E-state index in [0.717, 1.165) is 33.7 Å². The van der Waals surface area contributed by atoms with Crippen LogP contribution in [0.2, 0.25) is 0 Å². The summed E-state index contributed by atoms with van der Waals surface area (Å²) in [5, 5.41) is 10.3. The van der Waals surface area contributed by atoms with Crippen LogP contribution in [-0.2, 0) is 20.1 Å². The van der Waals surface area contributed by atoms with Gasteiger partial charge in [-0.25, -0.2) is 0 Å². The van der Waals surface area contributed by atoms with E-state index in [-0.39, 0.29) is 25.7 Å². The van der Waals surface area contributed by atoms with Gasteiger partial charge in [0, 0.05) is 79.2 Å². The van der Waals surface area contributed by atoms with Crippen molar-refractivity contribution in [2.24, 2.45) is 0 Å². The largest absolute Gasteiger partial charge is 0.332 e. The Morgan fingerprint density at radius 1 is 0.507 bits per heavy atom. The van der Waals surface area contributed by atoms with Crippen LogP contribution in [0, 0.1) is 19.0 Å². The number of hydrogen-bond donors (Lipinski definition) is 0. The zero-order valence-electron chi connectivity index (χ0n) is 40.4. The first-order valence-electron chi connectivity index (χ1n) is 24.3. The van der Waals surface area contributed by atoms with Crippen LogP contribution in [0.15, 0.2) is 170 Å². The van der Waals surface area contributed by atoms with Gasteiger partial charge in [-0.15, -0.1) is 71.8 Å². The summed E-state index contributed by atoms with van der Waals surface area (Å²) >= 11 is 0. The van der Waals surface area contributed by atoms with Gasteiger partial charge in [-0.05, 0) is 71.4 Å². The molecule has 0 aliphatic rings. The molecule has 6 aromatic heterocycles. The Bertz CT molecular complexity index is 4250. The topological polar surface area (TPSA) is 39.5 Å². The summed E-state index contributed by atoms with van der Waals surface area (Å²) < 4.78 is 29.2. The van der Waals surface area contributed by atoms with Crippen molar-refractivity contribution in [2.75, 3.05) is 0 Å². The average Bonchev–Trinajstić information content (AvgIpc) is 4.18. The van der Waals surface area contributed by atoms with Crippen molar-refractivity contribution >= 4 is 87.2 Å². The van der Waals surface area contributed by atoms with Crippen molar-refractivity contribution in [1.29, 1.82) is 0 Å². The summed E-state index contributed by atoms with van der Waals surface area (Å²) in [5.74, 6) is 1.59. The Morgan fingerprint density at radius 2 is 1.09 bits per heavy atom. The second-order valence-electron chi connectivity index (χ2n) is 18.2. The van der Waals surface area contributed by atoms with E-state index in [1.54, 1.807) is 18.2 Å². The Kier molecular flexibility index (Phi) is 8.82. The number of aryl methyl sites for hydroxylation is 1. The fraction of sp³-hybridized carbons (Fsp3) is 0.115. The minimum Gasteiger partial charge on any atom is -0.332 e. The second-order valence-corrected chi connectivity index (χ2v) is 18.2. The zero-order chi connectivity index (χ0) is 46.9. The maximum atomic E-state index is 7.23. The van der Waals surface area contributed by atoms with E-state index in [2.05, 4.69) is 173 Å². The molecule has 67 heavy (non-hydrogen) atoms. The molecular weight excluding hydrogens is 995 g/mol. The summed E-state index contributed by atoms with van der Waals surface area (Å²) in [6, 6.07) is 64.3. The minimum absolute atomic E-state index is 0. The number of fused-ring (bicyclic) bond motifs is 14. The number of imidazole rings is 1. The third kappa shape index (κ3) is 6.03. The standard InChI is InChI=1S/C49H35N4.C12H10N.Ir/c1-27(2)30-16-10-17-31(28(3)4)45(30)53-48-39(50-49(53)29-13-6-5-7-14-29)23-24-41-44(48)36-21-12-20-35-38-25-42-37(26-43(38)52(41)47(35)36)34-19-11-18-33-32-15-8-9-22-40(32)51(42)46(33)34;1-10-7-8-12(13-9-10)11-5-3-2-4-6-11;/h5-13,15-28H,1-4H3;2-5,7-9H,1H3;/q2*-1;/i;1D3;. The van der Waals surface area contributed by atoms with Crippen LogP contribution in [-0.4, -0.2) is 23.3 Å². The molecule has 0 saturated heterocycles. The van der Waals surface area contributed by atoms with Crippen LogP contribution in [0.4, 0.5) is 0 Å². The first-order chi connectivity index (χ1) is 33.6. The van der Waals surface area contributed by atoms with Gasteiger partial charge < -0.3 is 18.4 Å². The van der Waals surface area contributed by atoms with Crippen molar-refractivity contribution < 1.29 is 24.2 Å². The summed E-state index contributed by atoms with van der Waals surface area (Å²) in [5.41, 5.74) is 16.4. The molecule has 0 N–H and O–H groups in total. The molecule has 6 heterocycles. The quantitative estimate of drug-likeness (QED) is 0.161. The predicted molar refractivity (Wildman–Crippen MR) is 276 cm³/mol. The Hall–Kier alpha value is -7.37. The molecule has 0 unspecified atom stereocenters. The number of nitrogens with zero attached hydrogens (tertiary/aromatic N) is 5. The number of benzene rings is 8. The first kappa shape index (κ1) is 37.8. The van der Waals surface area contributed by atoms with Gasteiger partial charge in [0.05, 0.1) is 50.0 Å². The van der Waals surface area contributed by atoms with Crippen LogP contribution in [0.5, 0.6) is 0 Å². The van der Waals surface area contributed by atoms with Gasteiger partial charge in [-0.1, -0.05) is 113 Å². The number of aromatic nitrogens is 5. The summed E-state index contributed by atoms with van der Waals surface area (Å²) in [6.45, 7) is 7.12. The summed E-state index contributed by atoms with van der Waals surface area (Å²) in [4.78, 5) is 9.57. The van der Waals surface area contributed by atoms with Gasteiger partial charge in [0.1, 0.15) is 0 Å². The Labute approximate surface area is 406 Å². The van der Waals surface area contributed by atoms with Gasteiger partial charge in [0.25, 0.3) is 0 Å². The third-order valence-corrected chi connectivity index (χ3v) is 13.7. The van der Waals surface area contributed by atoms with Gasteiger partial charge >= 0.3 is 0 Å². The molecule has 0 aliphatic heterocycles. The van der Waals surface area contributed by atoms with Gasteiger partial charge in [-0.3, -0.25) is 4.98 Å². The average molecular weight is 1040 g/mol. The van der Waals surface area contributed by atoms with Gasteiger partial charge in [-0.2, -0.15) is 0 Å². The van der Waals surface area contributed by atoms with E-state index in [1.165, 1.54) is 99.2 Å². The summed E-state index contributed by atoms with van der Waals surface area (Å²) in [7, 11) is 0. The van der Waals surface area contributed by atoms with Crippen molar-refractivity contribution in [3.05, 3.63) is 199 Å². The molecule has 0 saturated carbocycles. The fourth-order valence-corrected chi connectivity index (χ4v) is 10.9. The SMILES string of the molecule is CC(C)c1cccc(C(C)C)c1-n1c(-c2[c-]cccc2)nc2ccc3c(c4cccc5c6cc7c(cc6n3c54)c3cccc4c5ccccc5n7c43)c21.[2H]C([2H])([2H])c1ccc(-c2[c-]cccc2)nc1.[Ir]. The van der Waals surface area contributed by atoms with E-state index >= 15 is 0 Å². The van der Waals surface area contributed by atoms with Crippen molar-refractivity contribution in [3.8, 4) is 28.3 Å². The van der Waals surface area contributed by atoms with E-state index in [0.29, 0.717) is 11.8 Å². The molecule has 0 aliphatic carbocycles. The van der Waals surface area contributed by atoms with Gasteiger partial charge in [0.2, 0.25) is 0 Å². The van der Waals surface area contributed by atoms with Crippen LogP contribution >= 0.6 is 0 Å². The Morgan fingerprint density at radius 3 is 1.72 bits per heavy atom.